The number of imidazole rings is 1. The van der Waals surface area contributed by atoms with Crippen molar-refractivity contribution in [2.24, 2.45) is 0 Å². The molecule has 4 heteroatoms. The Morgan fingerprint density at radius 1 is 1.11 bits per heavy atom. The van der Waals surface area contributed by atoms with Gasteiger partial charge in [0.1, 0.15) is 11.9 Å². The summed E-state index contributed by atoms with van der Waals surface area (Å²) < 4.78 is 13.5. The highest BCUT2D eigenvalue weighted by molar-refractivity contribution is 5.81. The fourth-order valence-corrected chi connectivity index (χ4v) is 1.90. The number of H-pyrrole nitrogens is 1. The molecule has 0 fully saturated rings. The lowest BCUT2D eigenvalue weighted by Gasteiger charge is -2.02. The average molecular weight is 237 g/mol. The van der Waals surface area contributed by atoms with Gasteiger partial charge in [0.15, 0.2) is 0 Å². The molecule has 3 nitrogen and oxygen atoms in total. The second-order valence-corrected chi connectivity index (χ2v) is 3.94. The summed E-state index contributed by atoms with van der Waals surface area (Å²) in [6, 6.07) is 12.1. The van der Waals surface area contributed by atoms with Gasteiger partial charge < -0.3 is 4.98 Å². The van der Waals surface area contributed by atoms with E-state index in [9.17, 15) is 4.39 Å². The van der Waals surface area contributed by atoms with Crippen molar-refractivity contribution >= 4 is 11.0 Å². The van der Waals surface area contributed by atoms with Crippen LogP contribution in [0.3, 0.4) is 0 Å². The molecule has 0 bridgehead atoms. The van der Waals surface area contributed by atoms with Gasteiger partial charge in [0, 0.05) is 0 Å². The molecular weight excluding hydrogens is 229 g/mol. The number of hydrogen-bond donors (Lipinski definition) is 1. The number of aromatic nitrogens is 2. The topological polar surface area (TPSA) is 52.5 Å². The lowest BCUT2D eigenvalue weighted by atomic mass is 10.0. The molecular formula is C14H8FN3. The summed E-state index contributed by atoms with van der Waals surface area (Å²) in [4.78, 5) is 7.14. The SMILES string of the molecule is N#Cc1ccc(-c2ccc3nc[nH]c3c2)cc1F. The van der Waals surface area contributed by atoms with Crippen LogP contribution >= 0.6 is 0 Å². The molecule has 0 spiro atoms. The van der Waals surface area contributed by atoms with Crippen molar-refractivity contribution in [1.29, 1.82) is 5.26 Å². The third-order valence-corrected chi connectivity index (χ3v) is 2.84. The average Bonchev–Trinajstić information content (AvgIpc) is 2.85. The molecule has 86 valence electrons. The zero-order valence-electron chi connectivity index (χ0n) is 9.31. The van der Waals surface area contributed by atoms with Gasteiger partial charge in [-0.25, -0.2) is 9.37 Å². The van der Waals surface area contributed by atoms with E-state index in [0.717, 1.165) is 22.2 Å². The summed E-state index contributed by atoms with van der Waals surface area (Å²) in [5.41, 5.74) is 3.45. The van der Waals surface area contributed by atoms with Gasteiger partial charge in [-0.2, -0.15) is 5.26 Å². The van der Waals surface area contributed by atoms with Crippen molar-refractivity contribution in [3.8, 4) is 17.2 Å². The van der Waals surface area contributed by atoms with E-state index in [0.29, 0.717) is 0 Å². The summed E-state index contributed by atoms with van der Waals surface area (Å²) in [7, 11) is 0. The maximum atomic E-state index is 13.5. The quantitative estimate of drug-likeness (QED) is 0.706. The molecule has 0 radical (unpaired) electrons. The Kier molecular flexibility index (Phi) is 2.31. The third kappa shape index (κ3) is 1.62. The number of hydrogen-bond acceptors (Lipinski definition) is 2. The first-order valence-electron chi connectivity index (χ1n) is 5.41. The predicted octanol–water partition coefficient (Wildman–Crippen LogP) is 3.24. The Morgan fingerprint density at radius 3 is 2.67 bits per heavy atom. The summed E-state index contributed by atoms with van der Waals surface area (Å²) >= 11 is 0. The Balaban J connectivity index is 2.14. The molecule has 0 amide bonds. The Morgan fingerprint density at radius 2 is 1.89 bits per heavy atom. The van der Waals surface area contributed by atoms with Crippen molar-refractivity contribution in [2.75, 3.05) is 0 Å². The number of nitrogens with one attached hydrogen (secondary N) is 1. The van der Waals surface area contributed by atoms with E-state index in [4.69, 9.17) is 5.26 Å². The van der Waals surface area contributed by atoms with Gasteiger partial charge in [0.2, 0.25) is 0 Å². The Labute approximate surface area is 103 Å². The molecule has 1 aromatic heterocycles. The predicted molar refractivity (Wildman–Crippen MR) is 66.2 cm³/mol. The number of fused-ring (bicyclic) bond motifs is 1. The number of nitrogens with zero attached hydrogens (tertiary/aromatic N) is 2. The van der Waals surface area contributed by atoms with Gasteiger partial charge in [-0.15, -0.1) is 0 Å². The van der Waals surface area contributed by atoms with Crippen LogP contribution in [0, 0.1) is 17.1 Å². The van der Waals surface area contributed by atoms with Crippen LogP contribution in [0.15, 0.2) is 42.7 Å². The summed E-state index contributed by atoms with van der Waals surface area (Å²) in [5, 5.41) is 8.69. The van der Waals surface area contributed by atoms with Crippen molar-refractivity contribution in [3.05, 3.63) is 54.1 Å². The molecule has 0 aliphatic heterocycles. The van der Waals surface area contributed by atoms with Crippen LogP contribution in [0.25, 0.3) is 22.2 Å². The second kappa shape index (κ2) is 3.97. The minimum Gasteiger partial charge on any atom is -0.345 e. The number of nitriles is 1. The van der Waals surface area contributed by atoms with Crippen LogP contribution in [-0.4, -0.2) is 9.97 Å². The summed E-state index contributed by atoms with van der Waals surface area (Å²) in [5.74, 6) is -0.500. The lowest BCUT2D eigenvalue weighted by Crippen LogP contribution is -1.85. The van der Waals surface area contributed by atoms with E-state index in [2.05, 4.69) is 9.97 Å². The highest BCUT2D eigenvalue weighted by atomic mass is 19.1. The maximum absolute atomic E-state index is 13.5. The number of benzene rings is 2. The van der Waals surface area contributed by atoms with E-state index >= 15 is 0 Å². The standard InChI is InChI=1S/C14H8FN3/c15-12-5-9(1-2-11(12)7-16)10-3-4-13-14(6-10)18-8-17-13/h1-6,8H,(H,17,18). The van der Waals surface area contributed by atoms with E-state index in [1.807, 2.05) is 24.3 Å². The van der Waals surface area contributed by atoms with Gasteiger partial charge >= 0.3 is 0 Å². The molecule has 1 N–H and O–H groups in total. The van der Waals surface area contributed by atoms with Crippen LogP contribution < -0.4 is 0 Å². The number of aromatic amines is 1. The molecule has 0 atom stereocenters. The van der Waals surface area contributed by atoms with Crippen molar-refractivity contribution in [2.45, 2.75) is 0 Å². The zero-order chi connectivity index (χ0) is 12.5. The summed E-state index contributed by atoms with van der Waals surface area (Å²) in [6.45, 7) is 0. The second-order valence-electron chi connectivity index (χ2n) is 3.94. The molecule has 0 saturated carbocycles. The first-order valence-corrected chi connectivity index (χ1v) is 5.41. The maximum Gasteiger partial charge on any atom is 0.141 e. The van der Waals surface area contributed by atoms with E-state index in [-0.39, 0.29) is 5.56 Å². The monoisotopic (exact) mass is 237 g/mol. The fourth-order valence-electron chi connectivity index (χ4n) is 1.90. The third-order valence-electron chi connectivity index (χ3n) is 2.84. The van der Waals surface area contributed by atoms with Crippen LogP contribution in [0.2, 0.25) is 0 Å². The largest absolute Gasteiger partial charge is 0.345 e. The van der Waals surface area contributed by atoms with Gasteiger partial charge in [-0.3, -0.25) is 0 Å². The first kappa shape index (κ1) is 10.5. The molecule has 0 saturated heterocycles. The van der Waals surface area contributed by atoms with Gasteiger partial charge in [-0.05, 0) is 35.4 Å². The van der Waals surface area contributed by atoms with Crippen LogP contribution in [0.1, 0.15) is 5.56 Å². The molecule has 3 rings (SSSR count). The Bertz CT molecular complexity index is 768. The van der Waals surface area contributed by atoms with Gasteiger partial charge in [0.05, 0.1) is 22.9 Å². The number of rotatable bonds is 1. The van der Waals surface area contributed by atoms with Gasteiger partial charge in [-0.1, -0.05) is 12.1 Å². The highest BCUT2D eigenvalue weighted by Crippen LogP contribution is 2.24. The van der Waals surface area contributed by atoms with E-state index in [1.165, 1.54) is 12.1 Å². The normalized spacial score (nSPS) is 10.4. The van der Waals surface area contributed by atoms with Crippen LogP contribution in [0.4, 0.5) is 4.39 Å². The zero-order valence-corrected chi connectivity index (χ0v) is 9.31. The number of halogens is 1. The minimum absolute atomic E-state index is 0.0568. The molecule has 1 heterocycles. The molecule has 0 unspecified atom stereocenters. The van der Waals surface area contributed by atoms with Crippen LogP contribution in [-0.2, 0) is 0 Å². The first-order chi connectivity index (χ1) is 8.78. The van der Waals surface area contributed by atoms with Crippen LogP contribution in [0.5, 0.6) is 0 Å². The highest BCUT2D eigenvalue weighted by Gasteiger charge is 2.05. The Hall–Kier alpha value is -2.67. The molecule has 0 aliphatic carbocycles. The van der Waals surface area contributed by atoms with Crippen molar-refractivity contribution < 1.29 is 4.39 Å². The van der Waals surface area contributed by atoms with Crippen molar-refractivity contribution in [1.82, 2.24) is 9.97 Å². The fraction of sp³-hybridized carbons (Fsp3) is 0. The smallest absolute Gasteiger partial charge is 0.141 e. The van der Waals surface area contributed by atoms with Crippen molar-refractivity contribution in [3.63, 3.8) is 0 Å². The van der Waals surface area contributed by atoms with E-state index in [1.54, 1.807) is 12.4 Å². The lowest BCUT2D eigenvalue weighted by molar-refractivity contribution is 0.624. The molecule has 0 aliphatic rings. The minimum atomic E-state index is -0.500. The molecule has 3 aromatic rings. The van der Waals surface area contributed by atoms with E-state index < -0.39 is 5.82 Å². The molecule has 18 heavy (non-hydrogen) atoms. The summed E-state index contributed by atoms with van der Waals surface area (Å²) in [6.07, 6.45) is 1.62. The van der Waals surface area contributed by atoms with Gasteiger partial charge in [0.25, 0.3) is 0 Å². The molecule has 2 aromatic carbocycles.